The lowest BCUT2D eigenvalue weighted by Crippen LogP contribution is -1.97. The maximum atomic E-state index is 11.1. The van der Waals surface area contributed by atoms with Gasteiger partial charge in [0.05, 0.1) is 10.6 Å². The van der Waals surface area contributed by atoms with E-state index in [1.807, 2.05) is 31.2 Å². The average molecular weight is 337 g/mol. The zero-order valence-corrected chi connectivity index (χ0v) is 13.4. The number of hydrogen-bond donors (Lipinski definition) is 1. The van der Waals surface area contributed by atoms with Gasteiger partial charge in [0.2, 0.25) is 5.71 Å². The molecule has 0 radical (unpaired) electrons. The van der Waals surface area contributed by atoms with Gasteiger partial charge in [-0.25, -0.2) is 0 Å². The normalized spacial score (nSPS) is 9.46. The van der Waals surface area contributed by atoms with Crippen molar-refractivity contribution in [2.24, 2.45) is 5.10 Å². The van der Waals surface area contributed by atoms with E-state index in [0.29, 0.717) is 10.6 Å². The summed E-state index contributed by atoms with van der Waals surface area (Å²) in [6.45, 7) is 1.98. The lowest BCUT2D eigenvalue weighted by Gasteiger charge is -2.06. The van der Waals surface area contributed by atoms with E-state index in [1.54, 1.807) is 18.2 Å². The van der Waals surface area contributed by atoms with Gasteiger partial charge in [-0.15, -0.1) is 0 Å². The number of anilines is 1. The largest absolute Gasteiger partial charge is 0.276 e. The molecule has 7 nitrogen and oxygen atoms in total. The molecule has 2 aromatic rings. The summed E-state index contributed by atoms with van der Waals surface area (Å²) in [4.78, 5) is 12.1. The van der Waals surface area contributed by atoms with Gasteiger partial charge in [0.1, 0.15) is 12.1 Å². The van der Waals surface area contributed by atoms with Crippen molar-refractivity contribution < 1.29 is 4.92 Å². The van der Waals surface area contributed by atoms with Crippen LogP contribution in [0.15, 0.2) is 57.4 Å². The highest BCUT2D eigenvalue weighted by Crippen LogP contribution is 2.33. The predicted molar refractivity (Wildman–Crippen MR) is 90.7 cm³/mol. The smallest absolute Gasteiger partial charge is 0.272 e. The van der Waals surface area contributed by atoms with Crippen molar-refractivity contribution in [2.45, 2.75) is 16.7 Å². The van der Waals surface area contributed by atoms with Gasteiger partial charge in [-0.2, -0.15) is 15.6 Å². The quantitative estimate of drug-likeness (QED) is 0.503. The third-order valence-electron chi connectivity index (χ3n) is 2.87. The molecule has 0 heterocycles. The van der Waals surface area contributed by atoms with Crippen molar-refractivity contribution in [1.29, 1.82) is 10.5 Å². The topological polar surface area (TPSA) is 115 Å². The minimum atomic E-state index is -0.510. The van der Waals surface area contributed by atoms with Crippen LogP contribution in [0, 0.1) is 39.7 Å². The summed E-state index contributed by atoms with van der Waals surface area (Å²) in [5.74, 6) is 0. The lowest BCUT2D eigenvalue weighted by molar-refractivity contribution is -0.385. The van der Waals surface area contributed by atoms with Crippen LogP contribution in [0.3, 0.4) is 0 Å². The summed E-state index contributed by atoms with van der Waals surface area (Å²) in [6.07, 6.45) is 0. The first-order chi connectivity index (χ1) is 11.5. The zero-order chi connectivity index (χ0) is 17.5. The SMILES string of the molecule is Cc1ccc(Sc2cc(NN=C(C#N)C#N)cc([N+](=O)[O-])c2)cc1. The van der Waals surface area contributed by atoms with E-state index in [4.69, 9.17) is 10.5 Å². The fourth-order valence-electron chi connectivity index (χ4n) is 1.75. The van der Waals surface area contributed by atoms with E-state index in [2.05, 4.69) is 10.5 Å². The van der Waals surface area contributed by atoms with Crippen molar-refractivity contribution in [3.63, 3.8) is 0 Å². The predicted octanol–water partition coefficient (Wildman–Crippen LogP) is 3.87. The second kappa shape index (κ2) is 7.77. The molecule has 24 heavy (non-hydrogen) atoms. The van der Waals surface area contributed by atoms with Crippen LogP contribution in [0.1, 0.15) is 5.56 Å². The first kappa shape index (κ1) is 17.0. The Morgan fingerprint density at radius 1 is 1.17 bits per heavy atom. The molecule has 0 unspecified atom stereocenters. The van der Waals surface area contributed by atoms with Crippen LogP contribution < -0.4 is 5.43 Å². The van der Waals surface area contributed by atoms with Gasteiger partial charge in [-0.3, -0.25) is 15.5 Å². The Morgan fingerprint density at radius 3 is 2.42 bits per heavy atom. The van der Waals surface area contributed by atoms with E-state index in [1.165, 1.54) is 23.9 Å². The molecule has 2 aromatic carbocycles. The van der Waals surface area contributed by atoms with E-state index >= 15 is 0 Å². The molecule has 0 aromatic heterocycles. The zero-order valence-electron chi connectivity index (χ0n) is 12.6. The van der Waals surface area contributed by atoms with E-state index in [-0.39, 0.29) is 11.4 Å². The summed E-state index contributed by atoms with van der Waals surface area (Å²) in [6, 6.07) is 15.4. The number of aryl methyl sites for hydroxylation is 1. The molecular weight excluding hydrogens is 326 g/mol. The van der Waals surface area contributed by atoms with Crippen LogP contribution in [-0.4, -0.2) is 10.6 Å². The first-order valence-corrected chi connectivity index (χ1v) is 7.51. The fraction of sp³-hybridized carbons (Fsp3) is 0.0625. The molecular formula is C16H11N5O2S. The van der Waals surface area contributed by atoms with Gasteiger partial charge in [0, 0.05) is 21.9 Å². The molecule has 0 saturated carbocycles. The average Bonchev–Trinajstić information content (AvgIpc) is 2.57. The molecule has 1 N–H and O–H groups in total. The van der Waals surface area contributed by atoms with E-state index in [9.17, 15) is 10.1 Å². The first-order valence-electron chi connectivity index (χ1n) is 6.69. The van der Waals surface area contributed by atoms with Crippen LogP contribution in [0.4, 0.5) is 11.4 Å². The number of nitrogens with zero attached hydrogens (tertiary/aromatic N) is 4. The third kappa shape index (κ3) is 4.57. The minimum Gasteiger partial charge on any atom is -0.276 e. The number of nitro benzene ring substituents is 1. The molecule has 0 aliphatic carbocycles. The number of nitro groups is 1. The second-order valence-corrected chi connectivity index (χ2v) is 5.83. The van der Waals surface area contributed by atoms with Crippen molar-refractivity contribution in [3.8, 4) is 12.1 Å². The van der Waals surface area contributed by atoms with Crippen molar-refractivity contribution in [2.75, 3.05) is 5.43 Å². The van der Waals surface area contributed by atoms with E-state index in [0.717, 1.165) is 10.5 Å². The molecule has 0 spiro atoms. The van der Waals surface area contributed by atoms with Crippen LogP contribution in [0.25, 0.3) is 0 Å². The van der Waals surface area contributed by atoms with Gasteiger partial charge in [-0.1, -0.05) is 29.5 Å². The van der Waals surface area contributed by atoms with Crippen molar-refractivity contribution in [3.05, 3.63) is 58.1 Å². The molecule has 0 atom stereocenters. The molecule has 0 aliphatic rings. The van der Waals surface area contributed by atoms with Gasteiger partial charge in [0.25, 0.3) is 5.69 Å². The van der Waals surface area contributed by atoms with Gasteiger partial charge >= 0.3 is 0 Å². The lowest BCUT2D eigenvalue weighted by atomic mass is 10.2. The summed E-state index contributed by atoms with van der Waals surface area (Å²) in [7, 11) is 0. The Hall–Kier alpha value is -3.36. The highest BCUT2D eigenvalue weighted by Gasteiger charge is 2.11. The summed E-state index contributed by atoms with van der Waals surface area (Å²) in [5.41, 5.74) is 3.47. The fourth-order valence-corrected chi connectivity index (χ4v) is 2.66. The molecule has 2 rings (SSSR count). The molecule has 0 fully saturated rings. The number of hydrazone groups is 1. The van der Waals surface area contributed by atoms with Crippen LogP contribution in [0.5, 0.6) is 0 Å². The Labute approximate surface area is 142 Å². The number of hydrogen-bond acceptors (Lipinski definition) is 7. The maximum absolute atomic E-state index is 11.1. The monoisotopic (exact) mass is 337 g/mol. The molecule has 0 bridgehead atoms. The Bertz CT molecular complexity index is 863. The second-order valence-electron chi connectivity index (χ2n) is 4.68. The summed E-state index contributed by atoms with van der Waals surface area (Å²) in [5, 5.41) is 32.0. The number of non-ortho nitro benzene ring substituents is 1. The maximum Gasteiger partial charge on any atom is 0.272 e. The van der Waals surface area contributed by atoms with Gasteiger partial charge in [0.15, 0.2) is 0 Å². The number of rotatable bonds is 5. The van der Waals surface area contributed by atoms with Crippen molar-refractivity contribution in [1.82, 2.24) is 0 Å². The standard InChI is InChI=1S/C16H11N5O2S/c1-11-2-4-15(5-3-11)24-16-7-12(6-14(8-16)21(22)23)19-20-13(9-17)10-18/h2-8,19H,1H3. The number of nitrogens with one attached hydrogen (secondary N) is 1. The molecule has 0 saturated heterocycles. The Balaban J connectivity index is 2.32. The molecule has 0 amide bonds. The molecule has 118 valence electrons. The summed E-state index contributed by atoms with van der Waals surface area (Å²) < 4.78 is 0. The highest BCUT2D eigenvalue weighted by atomic mass is 32.2. The molecule has 0 aliphatic heterocycles. The van der Waals surface area contributed by atoms with Crippen LogP contribution in [-0.2, 0) is 0 Å². The van der Waals surface area contributed by atoms with Gasteiger partial charge in [-0.05, 0) is 25.1 Å². The molecule has 8 heteroatoms. The van der Waals surface area contributed by atoms with Crippen LogP contribution >= 0.6 is 11.8 Å². The van der Waals surface area contributed by atoms with Crippen LogP contribution in [0.2, 0.25) is 0 Å². The minimum absolute atomic E-state index is 0.111. The summed E-state index contributed by atoms with van der Waals surface area (Å²) >= 11 is 1.36. The Kier molecular flexibility index (Phi) is 5.50. The van der Waals surface area contributed by atoms with E-state index < -0.39 is 4.92 Å². The number of benzene rings is 2. The highest BCUT2D eigenvalue weighted by molar-refractivity contribution is 7.99. The third-order valence-corrected chi connectivity index (χ3v) is 3.85. The number of nitriles is 2. The van der Waals surface area contributed by atoms with Gasteiger partial charge < -0.3 is 0 Å². The Morgan fingerprint density at radius 2 is 1.83 bits per heavy atom. The van der Waals surface area contributed by atoms with Crippen molar-refractivity contribution >= 4 is 28.8 Å².